The molecule has 0 aromatic heterocycles. The summed E-state index contributed by atoms with van der Waals surface area (Å²) in [7, 11) is 4.25. The number of hydrogen-bond donors (Lipinski definition) is 0. The maximum absolute atomic E-state index is 2.37. The number of anilines is 2. The van der Waals surface area contributed by atoms with Gasteiger partial charge in [0, 0.05) is 36.8 Å². The van der Waals surface area contributed by atoms with Gasteiger partial charge in [0.05, 0.1) is 10.7 Å². The molecule has 2 aliphatic heterocycles. The fourth-order valence-electron chi connectivity index (χ4n) is 3.06. The van der Waals surface area contributed by atoms with Crippen LogP contribution in [0.25, 0.3) is 0 Å². The first-order valence-corrected chi connectivity index (χ1v) is 8.28. The number of nitrogens with zero attached hydrogens (tertiary/aromatic N) is 2. The molecule has 0 spiro atoms. The zero-order valence-electron chi connectivity index (χ0n) is 12.7. The molecule has 0 radical (unpaired) electrons. The van der Waals surface area contributed by atoms with Crippen molar-refractivity contribution < 1.29 is 0 Å². The molecule has 1 unspecified atom stereocenters. The van der Waals surface area contributed by atoms with Gasteiger partial charge in [0.25, 0.3) is 0 Å². The van der Waals surface area contributed by atoms with Gasteiger partial charge in [-0.05, 0) is 29.8 Å². The molecule has 2 aromatic rings. The van der Waals surface area contributed by atoms with Crippen molar-refractivity contribution in [1.29, 1.82) is 0 Å². The van der Waals surface area contributed by atoms with E-state index in [1.54, 1.807) is 0 Å². The number of allylic oxidation sites excluding steroid dienone is 2. The first kappa shape index (κ1) is 13.5. The van der Waals surface area contributed by atoms with E-state index in [1.165, 1.54) is 26.9 Å². The van der Waals surface area contributed by atoms with Gasteiger partial charge in [-0.1, -0.05) is 48.2 Å². The maximum atomic E-state index is 2.37. The molecule has 0 aliphatic carbocycles. The van der Waals surface area contributed by atoms with Crippen molar-refractivity contribution >= 4 is 23.1 Å². The van der Waals surface area contributed by atoms with Crippen LogP contribution in [0.15, 0.2) is 76.8 Å². The second kappa shape index (κ2) is 5.25. The van der Waals surface area contributed by atoms with Crippen molar-refractivity contribution in [2.75, 3.05) is 23.9 Å². The highest BCUT2D eigenvalue weighted by Crippen LogP contribution is 2.46. The molecule has 2 aliphatic rings. The molecule has 2 nitrogen and oxygen atoms in total. The summed E-state index contributed by atoms with van der Waals surface area (Å²) in [6.45, 7) is 0. The van der Waals surface area contributed by atoms with E-state index in [0.717, 1.165) is 0 Å². The van der Waals surface area contributed by atoms with E-state index in [2.05, 4.69) is 90.8 Å². The molecule has 0 amide bonds. The van der Waals surface area contributed by atoms with Gasteiger partial charge in [0.1, 0.15) is 0 Å². The minimum atomic E-state index is 0.326. The Labute approximate surface area is 135 Å². The normalized spacial score (nSPS) is 21.2. The van der Waals surface area contributed by atoms with E-state index in [9.17, 15) is 0 Å². The lowest BCUT2D eigenvalue weighted by molar-refractivity contribution is 0.988. The molecular weight excluding hydrogens is 288 g/mol. The van der Waals surface area contributed by atoms with E-state index in [0.29, 0.717) is 5.92 Å². The maximum Gasteiger partial charge on any atom is 0.0767 e. The van der Waals surface area contributed by atoms with Crippen LogP contribution in [0.5, 0.6) is 0 Å². The Morgan fingerprint density at radius 2 is 1.68 bits per heavy atom. The summed E-state index contributed by atoms with van der Waals surface area (Å²) in [5, 5.41) is 1.30. The molecule has 0 saturated carbocycles. The van der Waals surface area contributed by atoms with Crippen LogP contribution >= 0.6 is 11.8 Å². The Kier molecular flexibility index (Phi) is 3.23. The van der Waals surface area contributed by atoms with Crippen LogP contribution in [-0.2, 0) is 0 Å². The van der Waals surface area contributed by atoms with Gasteiger partial charge >= 0.3 is 0 Å². The van der Waals surface area contributed by atoms with E-state index in [-0.39, 0.29) is 0 Å². The smallest absolute Gasteiger partial charge is 0.0767 e. The fourth-order valence-corrected chi connectivity index (χ4v) is 4.19. The Hall–Kier alpha value is -2.13. The van der Waals surface area contributed by atoms with Crippen LogP contribution in [-0.4, -0.2) is 14.1 Å². The van der Waals surface area contributed by atoms with Crippen LogP contribution in [0.4, 0.5) is 11.4 Å². The molecule has 110 valence electrons. The third kappa shape index (κ3) is 2.13. The average Bonchev–Trinajstić information content (AvgIpc) is 2.87. The highest BCUT2D eigenvalue weighted by atomic mass is 32.2. The summed E-state index contributed by atoms with van der Waals surface area (Å²) in [5.74, 6) is 0.326. The number of hydrogen-bond acceptors (Lipinski definition) is 3. The number of rotatable bonds is 1. The third-order valence-electron chi connectivity index (χ3n) is 4.29. The quantitative estimate of drug-likeness (QED) is 0.746. The van der Waals surface area contributed by atoms with E-state index < -0.39 is 0 Å². The van der Waals surface area contributed by atoms with E-state index in [1.807, 2.05) is 11.8 Å². The number of fused-ring (bicyclic) bond motifs is 2. The van der Waals surface area contributed by atoms with Crippen molar-refractivity contribution in [3.63, 3.8) is 0 Å². The lowest BCUT2D eigenvalue weighted by atomic mass is 9.94. The lowest BCUT2D eigenvalue weighted by Gasteiger charge is -2.27. The molecule has 2 aromatic carbocycles. The average molecular weight is 306 g/mol. The molecule has 0 bridgehead atoms. The second-order valence-electron chi connectivity index (χ2n) is 5.67. The number of para-hydroxylation sites is 2. The second-order valence-corrected chi connectivity index (χ2v) is 6.73. The fraction of sp³-hybridized carbons (Fsp3) is 0.158. The first-order valence-electron chi connectivity index (χ1n) is 7.46. The standard InChI is InChI=1S/C19H18N2S/c1-20-12-11-14(15-7-3-4-8-16(15)20)13-19-21(2)17-9-5-6-10-18(17)22-19/h3-14H,1-2H3. The summed E-state index contributed by atoms with van der Waals surface area (Å²) in [6, 6.07) is 17.2. The Balaban J connectivity index is 1.72. The van der Waals surface area contributed by atoms with Crippen LogP contribution in [0.2, 0.25) is 0 Å². The summed E-state index contributed by atoms with van der Waals surface area (Å²) in [6.07, 6.45) is 6.80. The minimum absolute atomic E-state index is 0.326. The topological polar surface area (TPSA) is 6.48 Å². The highest BCUT2D eigenvalue weighted by molar-refractivity contribution is 8.03. The molecule has 4 rings (SSSR count). The van der Waals surface area contributed by atoms with Gasteiger partial charge < -0.3 is 9.80 Å². The largest absolute Gasteiger partial charge is 0.351 e. The molecule has 3 heteroatoms. The molecular formula is C19H18N2S. The third-order valence-corrected chi connectivity index (χ3v) is 5.47. The summed E-state index contributed by atoms with van der Waals surface area (Å²) in [4.78, 5) is 5.81. The van der Waals surface area contributed by atoms with Gasteiger partial charge in [0.15, 0.2) is 0 Å². The Morgan fingerprint density at radius 1 is 0.955 bits per heavy atom. The molecule has 22 heavy (non-hydrogen) atoms. The number of thioether (sulfide) groups is 1. The minimum Gasteiger partial charge on any atom is -0.351 e. The zero-order chi connectivity index (χ0) is 15.1. The van der Waals surface area contributed by atoms with Gasteiger partial charge in [-0.25, -0.2) is 0 Å². The Morgan fingerprint density at radius 3 is 2.50 bits per heavy atom. The molecule has 1 atom stereocenters. The number of benzene rings is 2. The van der Waals surface area contributed by atoms with Crippen LogP contribution in [0, 0.1) is 0 Å². The Bertz CT molecular complexity index is 779. The summed E-state index contributed by atoms with van der Waals surface area (Å²) in [5.41, 5.74) is 3.95. The molecule has 0 fully saturated rings. The van der Waals surface area contributed by atoms with Crippen LogP contribution in [0.1, 0.15) is 11.5 Å². The predicted octanol–water partition coefficient (Wildman–Crippen LogP) is 4.82. The van der Waals surface area contributed by atoms with Gasteiger partial charge in [-0.15, -0.1) is 0 Å². The van der Waals surface area contributed by atoms with Gasteiger partial charge in [0.2, 0.25) is 0 Å². The van der Waals surface area contributed by atoms with Gasteiger partial charge in [-0.2, -0.15) is 0 Å². The predicted molar refractivity (Wildman–Crippen MR) is 95.5 cm³/mol. The highest BCUT2D eigenvalue weighted by Gasteiger charge is 2.24. The first-order chi connectivity index (χ1) is 10.7. The van der Waals surface area contributed by atoms with Crippen LogP contribution < -0.4 is 9.80 Å². The lowest BCUT2D eigenvalue weighted by Crippen LogP contribution is -2.17. The van der Waals surface area contributed by atoms with Crippen molar-refractivity contribution in [3.8, 4) is 0 Å². The SMILES string of the molecule is CN1C=CC(C=C2Sc3ccccc3N2C)c2ccccc21. The summed E-state index contributed by atoms with van der Waals surface area (Å²) >= 11 is 1.85. The molecule has 0 N–H and O–H groups in total. The molecule has 2 heterocycles. The van der Waals surface area contributed by atoms with Crippen molar-refractivity contribution in [2.45, 2.75) is 10.8 Å². The van der Waals surface area contributed by atoms with Crippen molar-refractivity contribution in [2.24, 2.45) is 0 Å². The van der Waals surface area contributed by atoms with Crippen LogP contribution in [0.3, 0.4) is 0 Å². The summed E-state index contributed by atoms with van der Waals surface area (Å²) < 4.78 is 0. The van der Waals surface area contributed by atoms with Crippen molar-refractivity contribution in [3.05, 3.63) is 77.5 Å². The van der Waals surface area contributed by atoms with E-state index in [4.69, 9.17) is 0 Å². The van der Waals surface area contributed by atoms with Crippen molar-refractivity contribution in [1.82, 2.24) is 0 Å². The van der Waals surface area contributed by atoms with Gasteiger partial charge in [-0.3, -0.25) is 0 Å². The molecule has 0 saturated heterocycles. The monoisotopic (exact) mass is 306 g/mol. The van der Waals surface area contributed by atoms with E-state index >= 15 is 0 Å². The zero-order valence-corrected chi connectivity index (χ0v) is 13.5.